The lowest BCUT2D eigenvalue weighted by atomic mass is 10.1. The lowest BCUT2D eigenvalue weighted by molar-refractivity contribution is -0.990. The van der Waals surface area contributed by atoms with Crippen molar-refractivity contribution in [2.75, 3.05) is 10.6 Å². The number of quaternary nitrogens is 1. The van der Waals surface area contributed by atoms with Gasteiger partial charge in [0.1, 0.15) is 5.69 Å². The molecule has 0 aliphatic carbocycles. The maximum atomic E-state index is 12.6. The van der Waals surface area contributed by atoms with E-state index in [1.165, 1.54) is 6.07 Å². The van der Waals surface area contributed by atoms with Gasteiger partial charge in [-0.05, 0) is 31.5 Å². The van der Waals surface area contributed by atoms with Crippen molar-refractivity contribution in [1.29, 1.82) is 0 Å². The number of amides is 1. The molecule has 1 atom stereocenters. The second-order valence-electron chi connectivity index (χ2n) is 6.70. The summed E-state index contributed by atoms with van der Waals surface area (Å²) in [5, 5.41) is 25.2. The predicted molar refractivity (Wildman–Crippen MR) is 116 cm³/mol. The molecule has 3 rings (SSSR count). The van der Waals surface area contributed by atoms with Crippen LogP contribution in [0.5, 0.6) is 0 Å². The quantitative estimate of drug-likeness (QED) is 0.183. The molecule has 0 radical (unpaired) electrons. The molecule has 1 unspecified atom stereocenters. The van der Waals surface area contributed by atoms with Crippen LogP contribution >= 0.6 is 11.3 Å². The number of nitrogens with one attached hydrogen (secondary N) is 3. The first-order valence-corrected chi connectivity index (χ1v) is 10.1. The topological polar surface area (TPSA) is 136 Å². The second-order valence-corrected chi connectivity index (χ2v) is 7.70. The van der Waals surface area contributed by atoms with Gasteiger partial charge in [0.15, 0.2) is 16.6 Å². The first kappa shape index (κ1) is 22.2. The largest absolute Gasteiger partial charge is 0.595 e. The van der Waals surface area contributed by atoms with Crippen LogP contribution in [0.4, 0.5) is 22.2 Å². The average Bonchev–Trinajstić information content (AvgIpc) is 3.10. The highest BCUT2D eigenvalue weighted by Gasteiger charge is 2.23. The van der Waals surface area contributed by atoms with Crippen molar-refractivity contribution < 1.29 is 24.8 Å². The fourth-order valence-electron chi connectivity index (χ4n) is 2.81. The van der Waals surface area contributed by atoms with Crippen LogP contribution in [0.15, 0.2) is 48.5 Å². The standard InChI is InChI=1S/C21H20N4O5S/c1-12-7-3-4-8-14(12)23-20(28)18(27)11-17(26)19-13(2)22-21(31-19)24-15-9-5-6-10-16(15)25(29)30/h3-10,25,29H,11H2,1-2H3,(H,22,24)(H,23,28). The van der Waals surface area contributed by atoms with Crippen LogP contribution in [0.1, 0.15) is 27.3 Å². The van der Waals surface area contributed by atoms with E-state index in [-0.39, 0.29) is 10.6 Å². The number of para-hydroxylation sites is 3. The van der Waals surface area contributed by atoms with Gasteiger partial charge in [0.05, 0.1) is 17.0 Å². The summed E-state index contributed by atoms with van der Waals surface area (Å²) >= 11 is 0.994. The van der Waals surface area contributed by atoms with Crippen molar-refractivity contribution >= 4 is 51.0 Å². The highest BCUT2D eigenvalue weighted by atomic mass is 32.1. The van der Waals surface area contributed by atoms with Gasteiger partial charge in [0, 0.05) is 11.8 Å². The van der Waals surface area contributed by atoms with Gasteiger partial charge in [-0.1, -0.05) is 41.7 Å². The number of aryl methyl sites for hydroxylation is 2. The van der Waals surface area contributed by atoms with E-state index in [0.29, 0.717) is 22.2 Å². The Labute approximate surface area is 181 Å². The molecule has 2 aromatic carbocycles. The number of carbonyl (C=O) groups excluding carboxylic acids is 3. The average molecular weight is 440 g/mol. The molecular formula is C21H20N4O5S. The van der Waals surface area contributed by atoms with Gasteiger partial charge >= 0.3 is 0 Å². The van der Waals surface area contributed by atoms with Crippen LogP contribution in [0.2, 0.25) is 0 Å². The maximum Gasteiger partial charge on any atom is 0.292 e. The molecular weight excluding hydrogens is 420 g/mol. The van der Waals surface area contributed by atoms with Crippen LogP contribution in [0, 0.1) is 19.1 Å². The Morgan fingerprint density at radius 1 is 1.06 bits per heavy atom. The van der Waals surface area contributed by atoms with Gasteiger partial charge in [-0.15, -0.1) is 0 Å². The van der Waals surface area contributed by atoms with Crippen LogP contribution in [0.25, 0.3) is 0 Å². The van der Waals surface area contributed by atoms with Crippen molar-refractivity contribution in [3.05, 3.63) is 69.9 Å². The van der Waals surface area contributed by atoms with Crippen molar-refractivity contribution in [3.63, 3.8) is 0 Å². The Morgan fingerprint density at radius 3 is 2.39 bits per heavy atom. The molecule has 1 heterocycles. The van der Waals surface area contributed by atoms with E-state index in [4.69, 9.17) is 0 Å². The third-order valence-electron chi connectivity index (χ3n) is 4.42. The second kappa shape index (κ2) is 9.58. The van der Waals surface area contributed by atoms with E-state index < -0.39 is 29.1 Å². The summed E-state index contributed by atoms with van der Waals surface area (Å²) in [5.74, 6) is -2.25. The minimum atomic E-state index is -1.10. The van der Waals surface area contributed by atoms with Gasteiger partial charge < -0.3 is 15.8 Å². The number of Topliss-reactive ketones (excluding diaryl/α,β-unsaturated/α-hetero) is 2. The van der Waals surface area contributed by atoms with Gasteiger partial charge in [0.2, 0.25) is 5.78 Å². The molecule has 10 heteroatoms. The summed E-state index contributed by atoms with van der Waals surface area (Å²) in [6, 6.07) is 13.3. The summed E-state index contributed by atoms with van der Waals surface area (Å²) in [6.07, 6.45) is -0.591. The number of aromatic nitrogens is 1. The molecule has 1 aromatic heterocycles. The number of benzene rings is 2. The lowest BCUT2D eigenvalue weighted by Gasteiger charge is -2.15. The molecule has 0 aliphatic heterocycles. The number of rotatable bonds is 8. The molecule has 3 aromatic rings. The Kier molecular flexibility index (Phi) is 6.88. The van der Waals surface area contributed by atoms with Crippen LogP contribution in [0.3, 0.4) is 0 Å². The van der Waals surface area contributed by atoms with Crippen LogP contribution in [-0.2, 0) is 9.59 Å². The summed E-state index contributed by atoms with van der Waals surface area (Å²) < 4.78 is 0. The fraction of sp³-hybridized carbons (Fsp3) is 0.143. The van der Waals surface area contributed by atoms with E-state index in [1.807, 2.05) is 6.07 Å². The van der Waals surface area contributed by atoms with Crippen molar-refractivity contribution in [1.82, 2.24) is 4.98 Å². The Morgan fingerprint density at radius 2 is 1.71 bits per heavy atom. The Balaban J connectivity index is 1.69. The van der Waals surface area contributed by atoms with Crippen LogP contribution in [-0.4, -0.2) is 27.7 Å². The molecule has 4 N–H and O–H groups in total. The van der Waals surface area contributed by atoms with Gasteiger partial charge in [0.25, 0.3) is 5.91 Å². The number of hydrogen-bond donors (Lipinski definition) is 4. The van der Waals surface area contributed by atoms with Gasteiger partial charge in [-0.25, -0.2) is 10.2 Å². The van der Waals surface area contributed by atoms with Crippen molar-refractivity contribution in [2.24, 2.45) is 0 Å². The van der Waals surface area contributed by atoms with E-state index in [2.05, 4.69) is 15.6 Å². The van der Waals surface area contributed by atoms with E-state index in [0.717, 1.165) is 16.9 Å². The first-order chi connectivity index (χ1) is 14.8. The first-order valence-electron chi connectivity index (χ1n) is 9.26. The lowest BCUT2D eigenvalue weighted by Crippen LogP contribution is -2.99. The monoisotopic (exact) mass is 440 g/mol. The smallest absolute Gasteiger partial charge is 0.292 e. The third kappa shape index (κ3) is 5.38. The minimum Gasteiger partial charge on any atom is -0.595 e. The highest BCUT2D eigenvalue weighted by molar-refractivity contribution is 7.17. The van der Waals surface area contributed by atoms with E-state index >= 15 is 0 Å². The van der Waals surface area contributed by atoms with E-state index in [9.17, 15) is 24.8 Å². The summed E-state index contributed by atoms with van der Waals surface area (Å²) in [6.45, 7) is 3.40. The normalized spacial score (nSPS) is 11.6. The molecule has 0 saturated heterocycles. The van der Waals surface area contributed by atoms with E-state index in [1.54, 1.807) is 50.2 Å². The Bertz CT molecular complexity index is 1140. The highest BCUT2D eigenvalue weighted by Crippen LogP contribution is 2.29. The predicted octanol–water partition coefficient (Wildman–Crippen LogP) is 2.69. The number of hydrogen-bond acceptors (Lipinski definition) is 8. The summed E-state index contributed by atoms with van der Waals surface area (Å²) in [7, 11) is 0. The summed E-state index contributed by atoms with van der Waals surface area (Å²) in [4.78, 5) is 41.5. The SMILES string of the molecule is Cc1ccccc1NC(=O)C(=O)CC(=O)c1sc(Nc2ccccc2[NH+]([O-])O)nc1C. The Hall–Kier alpha value is -3.44. The number of nitrogens with zero attached hydrogens (tertiary/aromatic N) is 1. The van der Waals surface area contributed by atoms with Crippen molar-refractivity contribution in [3.8, 4) is 0 Å². The zero-order chi connectivity index (χ0) is 22.5. The third-order valence-corrected chi connectivity index (χ3v) is 5.53. The van der Waals surface area contributed by atoms with Crippen LogP contribution < -0.4 is 15.9 Å². The minimum absolute atomic E-state index is 0.0614. The molecule has 0 aliphatic rings. The number of anilines is 3. The molecule has 1 amide bonds. The molecule has 0 spiro atoms. The number of thiazole rings is 1. The molecule has 160 valence electrons. The molecule has 0 bridgehead atoms. The zero-order valence-corrected chi connectivity index (χ0v) is 17.6. The van der Waals surface area contributed by atoms with Gasteiger partial charge in [-0.2, -0.15) is 5.23 Å². The van der Waals surface area contributed by atoms with Crippen molar-refractivity contribution in [2.45, 2.75) is 20.3 Å². The molecule has 31 heavy (non-hydrogen) atoms. The fourth-order valence-corrected chi connectivity index (χ4v) is 3.73. The number of ketones is 2. The zero-order valence-electron chi connectivity index (χ0n) is 16.8. The number of carbonyl (C=O) groups is 3. The van der Waals surface area contributed by atoms with Gasteiger partial charge in [-0.3, -0.25) is 14.4 Å². The summed E-state index contributed by atoms with van der Waals surface area (Å²) in [5.41, 5.74) is 2.08. The molecule has 0 fully saturated rings. The molecule has 9 nitrogen and oxygen atoms in total. The molecule has 0 saturated carbocycles. The maximum absolute atomic E-state index is 12.6.